The zero-order valence-corrected chi connectivity index (χ0v) is 16.2. The van der Waals surface area contributed by atoms with E-state index in [2.05, 4.69) is 26.6 Å². The van der Waals surface area contributed by atoms with Crippen LogP contribution < -0.4 is 10.6 Å². The molecule has 138 valence electrons. The number of likely N-dealkylation sites (tertiary alicyclic amines) is 1. The Morgan fingerprint density at radius 1 is 1.19 bits per heavy atom. The van der Waals surface area contributed by atoms with Gasteiger partial charge in [0.25, 0.3) is 5.91 Å². The molecule has 0 saturated carbocycles. The van der Waals surface area contributed by atoms with Crippen LogP contribution in [0.15, 0.2) is 51.6 Å². The molecular formula is C19H22BrN3O3. The summed E-state index contributed by atoms with van der Waals surface area (Å²) in [7, 11) is 0. The Morgan fingerprint density at radius 2 is 1.92 bits per heavy atom. The van der Waals surface area contributed by atoms with Crippen molar-refractivity contribution in [2.75, 3.05) is 13.1 Å². The standard InChI is InChI=1S/C19H22BrN3O3/c1-13(15-5-2-3-6-16(15)20)21-19(25)22-14-8-10-23(11-9-14)18(24)17-7-4-12-26-17/h2-7,12-14H,8-11H2,1H3,(H2,21,22,25). The lowest BCUT2D eigenvalue weighted by molar-refractivity contribution is 0.0676. The van der Waals surface area contributed by atoms with E-state index in [4.69, 9.17) is 4.42 Å². The molecule has 0 radical (unpaired) electrons. The van der Waals surface area contributed by atoms with Gasteiger partial charge in [0.15, 0.2) is 5.76 Å². The molecule has 0 spiro atoms. The molecule has 2 heterocycles. The fourth-order valence-electron chi connectivity index (χ4n) is 3.11. The van der Waals surface area contributed by atoms with E-state index < -0.39 is 0 Å². The largest absolute Gasteiger partial charge is 0.459 e. The molecule has 1 fully saturated rings. The highest BCUT2D eigenvalue weighted by Crippen LogP contribution is 2.22. The van der Waals surface area contributed by atoms with Crippen LogP contribution in [0.2, 0.25) is 0 Å². The maximum absolute atomic E-state index is 12.3. The molecular weight excluding hydrogens is 398 g/mol. The summed E-state index contributed by atoms with van der Waals surface area (Å²) >= 11 is 3.50. The molecule has 3 amide bonds. The summed E-state index contributed by atoms with van der Waals surface area (Å²) in [5, 5.41) is 5.97. The van der Waals surface area contributed by atoms with Gasteiger partial charge in [-0.25, -0.2) is 4.79 Å². The topological polar surface area (TPSA) is 74.6 Å². The molecule has 1 unspecified atom stereocenters. The van der Waals surface area contributed by atoms with Gasteiger partial charge in [-0.05, 0) is 43.5 Å². The maximum Gasteiger partial charge on any atom is 0.315 e. The van der Waals surface area contributed by atoms with Crippen LogP contribution in [-0.2, 0) is 0 Å². The number of nitrogens with zero attached hydrogens (tertiary/aromatic N) is 1. The third kappa shape index (κ3) is 4.46. The SMILES string of the molecule is CC(NC(=O)NC1CCN(C(=O)c2ccco2)CC1)c1ccccc1Br. The van der Waals surface area contributed by atoms with Crippen LogP contribution in [0.25, 0.3) is 0 Å². The Labute approximate surface area is 161 Å². The molecule has 1 aliphatic rings. The minimum atomic E-state index is -0.191. The zero-order chi connectivity index (χ0) is 18.5. The Morgan fingerprint density at radius 3 is 2.58 bits per heavy atom. The first-order valence-corrected chi connectivity index (χ1v) is 9.48. The van der Waals surface area contributed by atoms with Gasteiger partial charge >= 0.3 is 6.03 Å². The van der Waals surface area contributed by atoms with Crippen molar-refractivity contribution in [3.8, 4) is 0 Å². The molecule has 2 N–H and O–H groups in total. The summed E-state index contributed by atoms with van der Waals surface area (Å²) in [5.41, 5.74) is 1.03. The summed E-state index contributed by atoms with van der Waals surface area (Å²) in [6.45, 7) is 3.15. The lowest BCUT2D eigenvalue weighted by Gasteiger charge is -2.32. The third-order valence-electron chi connectivity index (χ3n) is 4.57. The van der Waals surface area contributed by atoms with Crippen molar-refractivity contribution in [3.63, 3.8) is 0 Å². The molecule has 3 rings (SSSR count). The highest BCUT2D eigenvalue weighted by Gasteiger charge is 2.26. The molecule has 1 aromatic heterocycles. The number of carbonyl (C=O) groups is 2. The molecule has 0 bridgehead atoms. The molecule has 1 aromatic carbocycles. The van der Waals surface area contributed by atoms with Gasteiger partial charge in [0, 0.05) is 23.6 Å². The van der Waals surface area contributed by atoms with Crippen LogP contribution in [-0.4, -0.2) is 36.0 Å². The summed E-state index contributed by atoms with van der Waals surface area (Å²) in [6, 6.07) is 11.0. The van der Waals surface area contributed by atoms with Gasteiger partial charge in [0.05, 0.1) is 12.3 Å². The Kier molecular flexibility index (Phi) is 5.98. The van der Waals surface area contributed by atoms with E-state index in [1.165, 1.54) is 6.26 Å². The summed E-state index contributed by atoms with van der Waals surface area (Å²) in [4.78, 5) is 26.3. The highest BCUT2D eigenvalue weighted by atomic mass is 79.9. The summed E-state index contributed by atoms with van der Waals surface area (Å²) in [6.07, 6.45) is 2.95. The molecule has 7 heteroatoms. The van der Waals surface area contributed by atoms with E-state index in [9.17, 15) is 9.59 Å². The van der Waals surface area contributed by atoms with Gasteiger partial charge in [0.1, 0.15) is 0 Å². The van der Waals surface area contributed by atoms with Gasteiger partial charge in [-0.3, -0.25) is 4.79 Å². The Balaban J connectivity index is 1.46. The van der Waals surface area contributed by atoms with Gasteiger partial charge in [-0.15, -0.1) is 0 Å². The van der Waals surface area contributed by atoms with Crippen molar-refractivity contribution in [2.45, 2.75) is 31.8 Å². The van der Waals surface area contributed by atoms with Crippen LogP contribution in [0.3, 0.4) is 0 Å². The maximum atomic E-state index is 12.3. The fourth-order valence-corrected chi connectivity index (χ4v) is 3.74. The fraction of sp³-hybridized carbons (Fsp3) is 0.368. The van der Waals surface area contributed by atoms with Crippen molar-refractivity contribution < 1.29 is 14.0 Å². The normalized spacial score (nSPS) is 16.2. The minimum Gasteiger partial charge on any atom is -0.459 e. The molecule has 1 aliphatic heterocycles. The van der Waals surface area contributed by atoms with Crippen LogP contribution in [0, 0.1) is 0 Å². The number of amides is 3. The first kappa shape index (κ1) is 18.5. The van der Waals surface area contributed by atoms with Gasteiger partial charge in [-0.2, -0.15) is 0 Å². The number of hydrogen-bond acceptors (Lipinski definition) is 3. The van der Waals surface area contributed by atoms with Crippen molar-refractivity contribution in [3.05, 3.63) is 58.5 Å². The number of benzene rings is 1. The number of piperidine rings is 1. The van der Waals surface area contributed by atoms with Crippen LogP contribution in [0.1, 0.15) is 41.9 Å². The quantitative estimate of drug-likeness (QED) is 0.792. The summed E-state index contributed by atoms with van der Waals surface area (Å²) in [5.74, 6) is 0.261. The Hall–Kier alpha value is -2.28. The molecule has 0 aliphatic carbocycles. The van der Waals surface area contributed by atoms with E-state index in [-0.39, 0.29) is 24.0 Å². The lowest BCUT2D eigenvalue weighted by Crippen LogP contribution is -2.49. The van der Waals surface area contributed by atoms with Crippen molar-refractivity contribution in [1.82, 2.24) is 15.5 Å². The zero-order valence-electron chi connectivity index (χ0n) is 14.6. The minimum absolute atomic E-state index is 0.0575. The van der Waals surface area contributed by atoms with Crippen LogP contribution in [0.4, 0.5) is 4.79 Å². The number of hydrogen-bond donors (Lipinski definition) is 2. The average Bonchev–Trinajstić information content (AvgIpc) is 3.16. The predicted octanol–water partition coefficient (Wildman–Crippen LogP) is 3.71. The predicted molar refractivity (Wildman–Crippen MR) is 102 cm³/mol. The molecule has 1 atom stereocenters. The lowest BCUT2D eigenvalue weighted by atomic mass is 10.0. The van der Waals surface area contributed by atoms with Crippen molar-refractivity contribution in [2.24, 2.45) is 0 Å². The van der Waals surface area contributed by atoms with E-state index in [1.54, 1.807) is 17.0 Å². The number of carbonyl (C=O) groups excluding carboxylic acids is 2. The van der Waals surface area contributed by atoms with E-state index in [1.807, 2.05) is 31.2 Å². The number of halogens is 1. The molecule has 6 nitrogen and oxygen atoms in total. The third-order valence-corrected chi connectivity index (χ3v) is 5.29. The average molecular weight is 420 g/mol. The van der Waals surface area contributed by atoms with E-state index in [0.29, 0.717) is 18.8 Å². The number of nitrogens with one attached hydrogen (secondary N) is 2. The number of rotatable bonds is 4. The van der Waals surface area contributed by atoms with Crippen LogP contribution >= 0.6 is 15.9 Å². The van der Waals surface area contributed by atoms with Gasteiger partial charge in [-0.1, -0.05) is 34.1 Å². The smallest absolute Gasteiger partial charge is 0.315 e. The second-order valence-corrected chi connectivity index (χ2v) is 7.26. The first-order chi connectivity index (χ1) is 12.5. The van der Waals surface area contributed by atoms with Gasteiger partial charge < -0.3 is 20.0 Å². The second-order valence-electron chi connectivity index (χ2n) is 6.40. The molecule has 26 heavy (non-hydrogen) atoms. The van der Waals surface area contributed by atoms with Gasteiger partial charge in [0.2, 0.25) is 0 Å². The first-order valence-electron chi connectivity index (χ1n) is 8.69. The second kappa shape index (κ2) is 8.40. The van der Waals surface area contributed by atoms with Crippen LogP contribution in [0.5, 0.6) is 0 Å². The molecule has 1 saturated heterocycles. The molecule has 2 aromatic rings. The van der Waals surface area contributed by atoms with E-state index in [0.717, 1.165) is 22.9 Å². The van der Waals surface area contributed by atoms with Crippen molar-refractivity contribution >= 4 is 27.9 Å². The summed E-state index contributed by atoms with van der Waals surface area (Å²) < 4.78 is 6.13. The van der Waals surface area contributed by atoms with E-state index >= 15 is 0 Å². The number of furan rings is 1. The Bertz CT molecular complexity index is 755. The highest BCUT2D eigenvalue weighted by molar-refractivity contribution is 9.10. The monoisotopic (exact) mass is 419 g/mol. The van der Waals surface area contributed by atoms with Crippen molar-refractivity contribution in [1.29, 1.82) is 0 Å². The number of urea groups is 1.